The Bertz CT molecular complexity index is 1570. The van der Waals surface area contributed by atoms with E-state index in [0.29, 0.717) is 34.8 Å². The van der Waals surface area contributed by atoms with E-state index in [1.165, 1.54) is 4.57 Å². The molecule has 0 aliphatic rings. The molecule has 0 spiro atoms. The van der Waals surface area contributed by atoms with Crippen LogP contribution in [0, 0.1) is 0 Å². The van der Waals surface area contributed by atoms with Gasteiger partial charge < -0.3 is 14.4 Å². The Labute approximate surface area is 214 Å². The van der Waals surface area contributed by atoms with Crippen LogP contribution in [-0.2, 0) is 27.5 Å². The summed E-state index contributed by atoms with van der Waals surface area (Å²) < 4.78 is 32.9. The average Bonchev–Trinajstić information content (AvgIpc) is 3.42. The van der Waals surface area contributed by atoms with Gasteiger partial charge in [-0.1, -0.05) is 43.7 Å². The predicted molar refractivity (Wildman–Crippen MR) is 137 cm³/mol. The van der Waals surface area contributed by atoms with Gasteiger partial charge >= 0.3 is 11.9 Å². The van der Waals surface area contributed by atoms with Crippen LogP contribution in [0.4, 0.5) is 0 Å². The highest BCUT2D eigenvalue weighted by atomic mass is 32.2. The summed E-state index contributed by atoms with van der Waals surface area (Å²) in [5.41, 5.74) is 2.46. The van der Waals surface area contributed by atoms with E-state index >= 15 is 0 Å². The maximum atomic E-state index is 12.7. The lowest BCUT2D eigenvalue weighted by atomic mass is 10.1. The number of aromatic carboxylic acids is 1. The molecule has 0 aliphatic carbocycles. The number of pyridine rings is 1. The summed E-state index contributed by atoms with van der Waals surface area (Å²) in [5, 5.41) is 9.41. The Kier molecular flexibility index (Phi) is 7.44. The van der Waals surface area contributed by atoms with Gasteiger partial charge in [0.1, 0.15) is 17.2 Å². The van der Waals surface area contributed by atoms with Gasteiger partial charge in [0.2, 0.25) is 0 Å². The maximum absolute atomic E-state index is 12.7. The van der Waals surface area contributed by atoms with Gasteiger partial charge in [0, 0.05) is 31.0 Å². The lowest BCUT2D eigenvalue weighted by Crippen LogP contribution is -2.15. The van der Waals surface area contributed by atoms with Crippen LogP contribution in [0.1, 0.15) is 59.1 Å². The van der Waals surface area contributed by atoms with Crippen LogP contribution in [0.5, 0.6) is 0 Å². The number of hydrogen-bond acceptors (Lipinski definition) is 7. The highest BCUT2D eigenvalue weighted by molar-refractivity contribution is 7.90. The van der Waals surface area contributed by atoms with Crippen LogP contribution >= 0.6 is 0 Å². The molecule has 4 aromatic rings. The number of imidazole rings is 2. The van der Waals surface area contributed by atoms with Gasteiger partial charge in [0.05, 0.1) is 6.61 Å². The first-order valence-electron chi connectivity index (χ1n) is 11.9. The molecule has 0 atom stereocenters. The number of esters is 1. The number of carboxylic acid groups (broad SMARTS) is 1. The standard InChI is InChI=1S/C26H28N4O6S/c1-4-6-9-20-28-24(37(3,34)35)23(25(31)32)30(20)16-17-11-13-18(14-12-17)21-22(26(33)36-5-2)29-15-8-7-10-19(29)27-21/h7-8,10-15H,4-6,9,16H2,1-3H3,(H,31,32). The number of carboxylic acids is 1. The molecule has 37 heavy (non-hydrogen) atoms. The minimum Gasteiger partial charge on any atom is -0.476 e. The van der Waals surface area contributed by atoms with Crippen LogP contribution in [0.2, 0.25) is 0 Å². The number of carbonyl (C=O) groups is 2. The number of ether oxygens (including phenoxy) is 1. The van der Waals surface area contributed by atoms with Gasteiger partial charge in [-0.3, -0.25) is 4.40 Å². The molecule has 1 N–H and O–H groups in total. The number of carbonyl (C=O) groups excluding carboxylic acids is 1. The summed E-state index contributed by atoms with van der Waals surface area (Å²) in [7, 11) is -3.84. The maximum Gasteiger partial charge on any atom is 0.357 e. The topological polar surface area (TPSA) is 133 Å². The van der Waals surface area contributed by atoms with Crippen molar-refractivity contribution in [3.8, 4) is 11.3 Å². The van der Waals surface area contributed by atoms with E-state index in [-0.39, 0.29) is 18.8 Å². The molecule has 0 saturated carbocycles. The first-order chi connectivity index (χ1) is 17.7. The zero-order valence-corrected chi connectivity index (χ0v) is 21.7. The average molecular weight is 525 g/mol. The number of benzene rings is 1. The summed E-state index contributed by atoms with van der Waals surface area (Å²) in [5.74, 6) is -1.43. The molecule has 0 fully saturated rings. The number of sulfone groups is 1. The number of rotatable bonds is 10. The van der Waals surface area contributed by atoms with E-state index in [4.69, 9.17) is 4.74 Å². The Hall–Kier alpha value is -3.99. The molecule has 3 heterocycles. The third kappa shape index (κ3) is 5.26. The molecule has 10 nitrogen and oxygen atoms in total. The number of nitrogens with zero attached hydrogens (tertiary/aromatic N) is 4. The molecule has 194 valence electrons. The van der Waals surface area contributed by atoms with E-state index in [1.54, 1.807) is 53.9 Å². The van der Waals surface area contributed by atoms with E-state index < -0.39 is 26.8 Å². The quantitative estimate of drug-likeness (QED) is 0.309. The predicted octanol–water partition coefficient (Wildman–Crippen LogP) is 3.87. The van der Waals surface area contributed by atoms with Gasteiger partial charge in [0.15, 0.2) is 26.3 Å². The monoisotopic (exact) mass is 524 g/mol. The zero-order chi connectivity index (χ0) is 26.7. The third-order valence-corrected chi connectivity index (χ3v) is 6.88. The van der Waals surface area contributed by atoms with Crippen molar-refractivity contribution < 1.29 is 27.9 Å². The summed E-state index contributed by atoms with van der Waals surface area (Å²) in [6, 6.07) is 12.6. The van der Waals surface area contributed by atoms with Gasteiger partial charge in [-0.15, -0.1) is 0 Å². The smallest absolute Gasteiger partial charge is 0.357 e. The highest BCUT2D eigenvalue weighted by Crippen LogP contribution is 2.27. The fraction of sp³-hybridized carbons (Fsp3) is 0.308. The normalized spacial score (nSPS) is 11.6. The number of aryl methyl sites for hydroxylation is 1. The van der Waals surface area contributed by atoms with Gasteiger partial charge in [0.25, 0.3) is 0 Å². The van der Waals surface area contributed by atoms with Crippen molar-refractivity contribution in [2.24, 2.45) is 0 Å². The van der Waals surface area contributed by atoms with Gasteiger partial charge in [-0.05, 0) is 31.0 Å². The molecule has 4 rings (SSSR count). The Morgan fingerprint density at radius 1 is 1.03 bits per heavy atom. The minimum absolute atomic E-state index is 0.124. The highest BCUT2D eigenvalue weighted by Gasteiger charge is 2.28. The lowest BCUT2D eigenvalue weighted by molar-refractivity contribution is 0.0518. The largest absolute Gasteiger partial charge is 0.476 e. The summed E-state index contributed by atoms with van der Waals surface area (Å²) in [6.07, 6.45) is 4.74. The summed E-state index contributed by atoms with van der Waals surface area (Å²) in [6.45, 7) is 4.08. The van der Waals surface area contributed by atoms with Crippen LogP contribution in [0.15, 0.2) is 53.7 Å². The molecule has 0 bridgehead atoms. The van der Waals surface area contributed by atoms with Crippen molar-refractivity contribution in [3.05, 3.63) is 71.4 Å². The molecule has 1 aromatic carbocycles. The van der Waals surface area contributed by atoms with Crippen molar-refractivity contribution in [1.29, 1.82) is 0 Å². The minimum atomic E-state index is -3.84. The molecule has 0 unspecified atom stereocenters. The third-order valence-electron chi connectivity index (χ3n) is 5.89. The van der Waals surface area contributed by atoms with Crippen LogP contribution in [0.3, 0.4) is 0 Å². The van der Waals surface area contributed by atoms with Crippen LogP contribution in [0.25, 0.3) is 16.9 Å². The van der Waals surface area contributed by atoms with E-state index in [0.717, 1.165) is 24.7 Å². The Morgan fingerprint density at radius 2 is 1.76 bits per heavy atom. The summed E-state index contributed by atoms with van der Waals surface area (Å²) in [4.78, 5) is 33.6. The van der Waals surface area contributed by atoms with Crippen molar-refractivity contribution in [3.63, 3.8) is 0 Å². The lowest BCUT2D eigenvalue weighted by Gasteiger charge is -2.11. The molecular weight excluding hydrogens is 496 g/mol. The second-order valence-corrected chi connectivity index (χ2v) is 10.5. The molecular formula is C26H28N4O6S. The Morgan fingerprint density at radius 3 is 2.38 bits per heavy atom. The van der Waals surface area contributed by atoms with Crippen molar-refractivity contribution in [2.75, 3.05) is 12.9 Å². The second kappa shape index (κ2) is 10.6. The molecule has 3 aromatic heterocycles. The van der Waals surface area contributed by atoms with E-state index in [2.05, 4.69) is 9.97 Å². The molecule has 0 radical (unpaired) electrons. The van der Waals surface area contributed by atoms with Gasteiger partial charge in [-0.25, -0.2) is 28.0 Å². The molecule has 0 saturated heterocycles. The number of unbranched alkanes of at least 4 members (excludes halogenated alkanes) is 1. The molecule has 0 amide bonds. The number of hydrogen-bond donors (Lipinski definition) is 1. The fourth-order valence-corrected chi connectivity index (χ4v) is 5.00. The zero-order valence-electron chi connectivity index (χ0n) is 20.8. The van der Waals surface area contributed by atoms with Crippen molar-refractivity contribution in [2.45, 2.75) is 44.7 Å². The summed E-state index contributed by atoms with van der Waals surface area (Å²) >= 11 is 0. The number of fused-ring (bicyclic) bond motifs is 1. The molecule has 0 aliphatic heterocycles. The van der Waals surface area contributed by atoms with Crippen molar-refractivity contribution in [1.82, 2.24) is 18.9 Å². The van der Waals surface area contributed by atoms with Crippen LogP contribution in [-0.4, -0.2) is 57.3 Å². The van der Waals surface area contributed by atoms with Gasteiger partial charge in [-0.2, -0.15) is 0 Å². The van der Waals surface area contributed by atoms with Crippen molar-refractivity contribution >= 4 is 27.4 Å². The van der Waals surface area contributed by atoms with E-state index in [1.807, 2.05) is 13.0 Å². The second-order valence-electron chi connectivity index (χ2n) is 8.60. The van der Waals surface area contributed by atoms with Crippen LogP contribution < -0.4 is 0 Å². The first kappa shape index (κ1) is 26.1. The molecule has 11 heteroatoms. The Balaban J connectivity index is 1.75. The fourth-order valence-electron chi connectivity index (χ4n) is 4.18. The SMILES string of the molecule is CCCCc1nc(S(C)(=O)=O)c(C(=O)O)n1Cc1ccc(-c2nc3ccccn3c2C(=O)OCC)cc1. The first-order valence-corrected chi connectivity index (χ1v) is 13.8. The number of aromatic nitrogens is 4. The van der Waals surface area contributed by atoms with E-state index in [9.17, 15) is 23.1 Å².